The maximum absolute atomic E-state index is 13.2. The minimum absolute atomic E-state index is 0.0393. The Labute approximate surface area is 216 Å². The first kappa shape index (κ1) is 26.9. The van der Waals surface area contributed by atoms with Crippen LogP contribution in [0.25, 0.3) is 0 Å². The lowest BCUT2D eigenvalue weighted by atomic mass is 9.93. The average molecular weight is 550 g/mol. The number of ether oxygens (including phenoxy) is 1. The van der Waals surface area contributed by atoms with E-state index in [1.54, 1.807) is 37.3 Å². The minimum Gasteiger partial charge on any atom is -0.406 e. The first-order chi connectivity index (χ1) is 17.9. The number of halogens is 3. The van der Waals surface area contributed by atoms with E-state index in [4.69, 9.17) is 0 Å². The summed E-state index contributed by atoms with van der Waals surface area (Å²) < 4.78 is 71.2. The number of alkyl halides is 3. The van der Waals surface area contributed by atoms with Crippen molar-refractivity contribution >= 4 is 33.5 Å². The van der Waals surface area contributed by atoms with Gasteiger partial charge in [0.25, 0.3) is 16.1 Å². The summed E-state index contributed by atoms with van der Waals surface area (Å²) in [6, 6.07) is 12.8. The molecule has 2 atom stereocenters. The molecule has 0 spiro atoms. The molecule has 0 bridgehead atoms. The molecule has 3 N–H and O–H groups in total. The summed E-state index contributed by atoms with van der Waals surface area (Å²) in [5.41, 5.74) is 1.28. The van der Waals surface area contributed by atoms with E-state index in [9.17, 15) is 31.2 Å². The highest BCUT2D eigenvalue weighted by Crippen LogP contribution is 2.32. The molecule has 0 saturated carbocycles. The first-order valence-electron chi connectivity index (χ1n) is 11.2. The first-order valence-corrected chi connectivity index (χ1v) is 12.7. The lowest BCUT2D eigenvalue weighted by Crippen LogP contribution is -2.36. The molecular weight excluding hydrogens is 527 g/mol. The summed E-state index contributed by atoms with van der Waals surface area (Å²) in [5.74, 6) is -1.88. The molecule has 14 heteroatoms. The van der Waals surface area contributed by atoms with Gasteiger partial charge in [0.15, 0.2) is 0 Å². The van der Waals surface area contributed by atoms with E-state index in [1.165, 1.54) is 18.5 Å². The molecule has 1 saturated heterocycles. The van der Waals surface area contributed by atoms with Crippen LogP contribution in [0.3, 0.4) is 0 Å². The number of carbonyl (C=O) groups is 2. The van der Waals surface area contributed by atoms with E-state index in [0.717, 1.165) is 34.7 Å². The van der Waals surface area contributed by atoms with Crippen LogP contribution in [-0.4, -0.2) is 37.7 Å². The number of carbonyl (C=O) groups excluding carboxylic acids is 2. The highest BCUT2D eigenvalue weighted by atomic mass is 32.2. The lowest BCUT2D eigenvalue weighted by molar-refractivity contribution is -0.274. The van der Waals surface area contributed by atoms with E-state index in [-0.39, 0.29) is 17.9 Å². The fourth-order valence-electron chi connectivity index (χ4n) is 3.90. The molecule has 10 nitrogen and oxygen atoms in total. The molecule has 2 unspecified atom stereocenters. The number of pyridine rings is 1. The van der Waals surface area contributed by atoms with Crippen LogP contribution in [0.5, 0.6) is 5.75 Å². The Morgan fingerprint density at radius 3 is 2.42 bits per heavy atom. The van der Waals surface area contributed by atoms with Gasteiger partial charge < -0.3 is 10.1 Å². The largest absolute Gasteiger partial charge is 0.573 e. The van der Waals surface area contributed by atoms with Crippen LogP contribution in [0.2, 0.25) is 0 Å². The molecule has 2 heterocycles. The van der Waals surface area contributed by atoms with Gasteiger partial charge in [-0.25, -0.2) is 9.69 Å². The molecule has 1 aliphatic heterocycles. The molecule has 38 heavy (non-hydrogen) atoms. The van der Waals surface area contributed by atoms with E-state index in [2.05, 4.69) is 24.5 Å². The molecule has 3 amide bonds. The fourth-order valence-corrected chi connectivity index (χ4v) is 4.79. The monoisotopic (exact) mass is 549 g/mol. The third kappa shape index (κ3) is 6.39. The highest BCUT2D eigenvalue weighted by molar-refractivity contribution is 7.90. The van der Waals surface area contributed by atoms with Crippen molar-refractivity contribution in [2.75, 3.05) is 9.62 Å². The molecule has 4 rings (SSSR count). The number of amides is 3. The van der Waals surface area contributed by atoms with Gasteiger partial charge in [-0.05, 0) is 41.5 Å². The smallest absolute Gasteiger partial charge is 0.406 e. The number of aromatic nitrogens is 1. The number of rotatable bonds is 9. The Balaban J connectivity index is 1.49. The Morgan fingerprint density at radius 2 is 1.76 bits per heavy atom. The SMILES string of the molecule is CC(c1ccncc1NS(=O)(=O)NCc1ccccc1)C1NC(=O)N(c2ccc(OC(F)(F)F)cc2)C1=O. The fraction of sp³-hybridized carbons (Fsp3) is 0.208. The van der Waals surface area contributed by atoms with Gasteiger partial charge in [0, 0.05) is 18.7 Å². The molecular formula is C24H22F3N5O5S. The zero-order chi connectivity index (χ0) is 27.5. The van der Waals surface area contributed by atoms with Crippen molar-refractivity contribution in [3.8, 4) is 5.75 Å². The number of anilines is 2. The van der Waals surface area contributed by atoms with Crippen molar-refractivity contribution in [3.05, 3.63) is 84.2 Å². The van der Waals surface area contributed by atoms with Gasteiger partial charge >= 0.3 is 12.4 Å². The maximum atomic E-state index is 13.2. The van der Waals surface area contributed by atoms with Gasteiger partial charge in [-0.2, -0.15) is 13.1 Å². The molecule has 1 fully saturated rings. The van der Waals surface area contributed by atoms with E-state index in [1.807, 2.05) is 0 Å². The summed E-state index contributed by atoms with van der Waals surface area (Å²) in [7, 11) is -4.02. The second-order valence-corrected chi connectivity index (χ2v) is 9.81. The normalized spacial score (nSPS) is 16.7. The average Bonchev–Trinajstić information content (AvgIpc) is 3.16. The van der Waals surface area contributed by atoms with Crippen LogP contribution in [0, 0.1) is 0 Å². The van der Waals surface area contributed by atoms with Gasteiger partial charge in [0.1, 0.15) is 11.8 Å². The summed E-state index contributed by atoms with van der Waals surface area (Å²) in [4.78, 5) is 30.5. The van der Waals surface area contributed by atoms with Gasteiger partial charge in [-0.15, -0.1) is 13.2 Å². The summed E-state index contributed by atoms with van der Waals surface area (Å²) in [6.45, 7) is 1.66. The Bertz CT molecular complexity index is 1420. The number of benzene rings is 2. The van der Waals surface area contributed by atoms with Crippen LogP contribution < -0.4 is 24.4 Å². The molecule has 2 aromatic carbocycles. The number of hydrogen-bond donors (Lipinski definition) is 3. The predicted octanol–water partition coefficient (Wildman–Crippen LogP) is 3.66. The van der Waals surface area contributed by atoms with Crippen molar-refractivity contribution in [1.82, 2.24) is 15.0 Å². The van der Waals surface area contributed by atoms with Crippen molar-refractivity contribution in [2.24, 2.45) is 0 Å². The van der Waals surface area contributed by atoms with Crippen LogP contribution in [0.4, 0.5) is 29.3 Å². The lowest BCUT2D eigenvalue weighted by Gasteiger charge is -2.21. The number of hydrogen-bond acceptors (Lipinski definition) is 6. The van der Waals surface area contributed by atoms with E-state index < -0.39 is 46.2 Å². The molecule has 3 aromatic rings. The third-order valence-corrected chi connectivity index (χ3v) is 6.71. The minimum atomic E-state index is -4.89. The standard InChI is InChI=1S/C24H22F3N5O5S/c1-15(19-11-12-28-14-20(19)31-38(35,36)29-13-16-5-3-2-4-6-16)21-22(33)32(23(34)30-21)17-7-9-18(10-8-17)37-24(25,26)27/h2-12,14-15,21,29,31H,13H2,1H3,(H,30,34). The predicted molar refractivity (Wildman–Crippen MR) is 131 cm³/mol. The van der Waals surface area contributed by atoms with Crippen LogP contribution in [0.1, 0.15) is 24.0 Å². The van der Waals surface area contributed by atoms with Gasteiger partial charge in [0.2, 0.25) is 0 Å². The molecule has 0 aliphatic carbocycles. The summed E-state index contributed by atoms with van der Waals surface area (Å²) in [6.07, 6.45) is -2.19. The van der Waals surface area contributed by atoms with Crippen molar-refractivity contribution < 1.29 is 35.9 Å². The zero-order valence-corrected chi connectivity index (χ0v) is 20.6. The number of imide groups is 1. The Kier molecular flexibility index (Phi) is 7.55. The van der Waals surface area contributed by atoms with Gasteiger partial charge in [-0.3, -0.25) is 14.5 Å². The number of nitrogens with one attached hydrogen (secondary N) is 3. The van der Waals surface area contributed by atoms with Crippen LogP contribution in [-0.2, 0) is 21.5 Å². The van der Waals surface area contributed by atoms with Gasteiger partial charge in [-0.1, -0.05) is 37.3 Å². The molecule has 0 radical (unpaired) electrons. The quantitative estimate of drug-likeness (QED) is 0.350. The van der Waals surface area contributed by atoms with E-state index >= 15 is 0 Å². The van der Waals surface area contributed by atoms with Gasteiger partial charge in [0.05, 0.1) is 17.6 Å². The van der Waals surface area contributed by atoms with Crippen molar-refractivity contribution in [2.45, 2.75) is 31.8 Å². The molecule has 1 aliphatic rings. The zero-order valence-electron chi connectivity index (χ0n) is 19.8. The maximum Gasteiger partial charge on any atom is 0.573 e. The second-order valence-electron chi connectivity index (χ2n) is 8.31. The molecule has 200 valence electrons. The number of urea groups is 1. The van der Waals surface area contributed by atoms with Crippen molar-refractivity contribution in [1.29, 1.82) is 0 Å². The Hall–Kier alpha value is -4.17. The van der Waals surface area contributed by atoms with Crippen LogP contribution >= 0.6 is 0 Å². The Morgan fingerprint density at radius 1 is 1.08 bits per heavy atom. The van der Waals surface area contributed by atoms with Crippen molar-refractivity contribution in [3.63, 3.8) is 0 Å². The second kappa shape index (κ2) is 10.7. The van der Waals surface area contributed by atoms with E-state index in [0.29, 0.717) is 5.56 Å². The third-order valence-electron chi connectivity index (χ3n) is 5.70. The summed E-state index contributed by atoms with van der Waals surface area (Å²) in [5, 5.41) is 2.55. The highest BCUT2D eigenvalue weighted by Gasteiger charge is 2.43. The topological polar surface area (TPSA) is 130 Å². The number of nitrogens with zero attached hydrogens (tertiary/aromatic N) is 2. The van der Waals surface area contributed by atoms with Crippen LogP contribution in [0.15, 0.2) is 73.1 Å². The summed E-state index contributed by atoms with van der Waals surface area (Å²) >= 11 is 0. The molecule has 1 aromatic heterocycles.